The van der Waals surface area contributed by atoms with Crippen molar-refractivity contribution in [3.63, 3.8) is 0 Å². The van der Waals surface area contributed by atoms with Crippen LogP contribution in [0.2, 0.25) is 0 Å². The standard InChI is InChI=1S/C28H29N3O4/c1-21-24(20-30(18-19-33-2)27(32)22-12-6-4-7-13-22)28(31(29-21)23-14-8-5-9-15-23)35-26-17-11-10-16-25(26)34-3/h4-17H,18-20H2,1-3H3. The van der Waals surface area contributed by atoms with Crippen LogP contribution < -0.4 is 9.47 Å². The summed E-state index contributed by atoms with van der Waals surface area (Å²) in [6.07, 6.45) is 0. The number of rotatable bonds is 10. The highest BCUT2D eigenvalue weighted by molar-refractivity contribution is 5.94. The summed E-state index contributed by atoms with van der Waals surface area (Å²) in [4.78, 5) is 15.2. The first-order valence-corrected chi connectivity index (χ1v) is 11.4. The van der Waals surface area contributed by atoms with Gasteiger partial charge >= 0.3 is 0 Å². The van der Waals surface area contributed by atoms with Gasteiger partial charge in [-0.1, -0.05) is 48.5 Å². The second-order valence-corrected chi connectivity index (χ2v) is 7.95. The summed E-state index contributed by atoms with van der Waals surface area (Å²) in [7, 11) is 3.23. The van der Waals surface area contributed by atoms with Gasteiger partial charge in [0.1, 0.15) is 0 Å². The smallest absolute Gasteiger partial charge is 0.254 e. The molecule has 0 unspecified atom stereocenters. The topological polar surface area (TPSA) is 65.8 Å². The van der Waals surface area contributed by atoms with E-state index in [1.807, 2.05) is 91.9 Å². The Labute approximate surface area is 205 Å². The number of hydrogen-bond donors (Lipinski definition) is 0. The quantitative estimate of drug-likeness (QED) is 0.315. The summed E-state index contributed by atoms with van der Waals surface area (Å²) in [6, 6.07) is 26.5. The number of methoxy groups -OCH3 is 2. The van der Waals surface area contributed by atoms with E-state index >= 15 is 0 Å². The van der Waals surface area contributed by atoms with Crippen molar-refractivity contribution in [1.82, 2.24) is 14.7 Å². The lowest BCUT2D eigenvalue weighted by atomic mass is 10.1. The van der Waals surface area contributed by atoms with Crippen molar-refractivity contribution in [2.75, 3.05) is 27.4 Å². The summed E-state index contributed by atoms with van der Waals surface area (Å²) in [6.45, 7) is 3.06. The van der Waals surface area contributed by atoms with Gasteiger partial charge in [-0.15, -0.1) is 0 Å². The zero-order valence-corrected chi connectivity index (χ0v) is 20.2. The van der Waals surface area contributed by atoms with Crippen LogP contribution in [0.25, 0.3) is 5.69 Å². The fourth-order valence-electron chi connectivity index (χ4n) is 3.78. The van der Waals surface area contributed by atoms with E-state index in [4.69, 9.17) is 19.3 Å². The molecule has 0 spiro atoms. The molecule has 4 rings (SSSR count). The van der Waals surface area contributed by atoms with Crippen molar-refractivity contribution in [2.45, 2.75) is 13.5 Å². The lowest BCUT2D eigenvalue weighted by Gasteiger charge is -2.23. The molecule has 3 aromatic carbocycles. The van der Waals surface area contributed by atoms with Gasteiger partial charge in [0.2, 0.25) is 5.88 Å². The Morgan fingerprint density at radius 1 is 0.886 bits per heavy atom. The molecule has 0 aliphatic rings. The molecule has 1 amide bonds. The maximum atomic E-state index is 13.4. The Kier molecular flexibility index (Phi) is 7.80. The first kappa shape index (κ1) is 24.0. The summed E-state index contributed by atoms with van der Waals surface area (Å²) in [5.41, 5.74) is 3.04. The molecule has 180 valence electrons. The van der Waals surface area contributed by atoms with Gasteiger partial charge in [0.25, 0.3) is 5.91 Å². The largest absolute Gasteiger partial charge is 0.493 e. The van der Waals surface area contributed by atoms with Gasteiger partial charge in [-0.3, -0.25) is 4.79 Å². The molecule has 0 fully saturated rings. The third kappa shape index (κ3) is 5.53. The molecule has 0 aliphatic heterocycles. The van der Waals surface area contributed by atoms with E-state index < -0.39 is 0 Å². The van der Waals surface area contributed by atoms with Crippen LogP contribution in [-0.2, 0) is 11.3 Å². The fraction of sp³-hybridized carbons (Fsp3) is 0.214. The van der Waals surface area contributed by atoms with Crippen molar-refractivity contribution in [1.29, 1.82) is 0 Å². The second kappa shape index (κ2) is 11.4. The molecule has 0 saturated carbocycles. The maximum absolute atomic E-state index is 13.4. The van der Waals surface area contributed by atoms with E-state index in [0.29, 0.717) is 42.6 Å². The third-order valence-electron chi connectivity index (χ3n) is 5.64. The maximum Gasteiger partial charge on any atom is 0.254 e. The van der Waals surface area contributed by atoms with Gasteiger partial charge in [0.15, 0.2) is 11.5 Å². The minimum absolute atomic E-state index is 0.0854. The molecule has 7 nitrogen and oxygen atoms in total. The predicted octanol–water partition coefficient (Wildman–Crippen LogP) is 5.27. The molecule has 7 heteroatoms. The SMILES string of the molecule is COCCN(Cc1c(C)nn(-c2ccccc2)c1Oc1ccccc1OC)C(=O)c1ccccc1. The minimum Gasteiger partial charge on any atom is -0.493 e. The number of aryl methyl sites for hydroxylation is 1. The number of carbonyl (C=O) groups excluding carboxylic acids is 1. The lowest BCUT2D eigenvalue weighted by Crippen LogP contribution is -2.33. The van der Waals surface area contributed by atoms with Gasteiger partial charge in [-0.2, -0.15) is 5.10 Å². The Balaban J connectivity index is 1.77. The van der Waals surface area contributed by atoms with Crippen LogP contribution >= 0.6 is 0 Å². The molecule has 0 bridgehead atoms. The summed E-state index contributed by atoms with van der Waals surface area (Å²) in [5, 5.41) is 4.78. The Hall–Kier alpha value is -4.10. The zero-order chi connectivity index (χ0) is 24.6. The van der Waals surface area contributed by atoms with Crippen LogP contribution in [0.5, 0.6) is 17.4 Å². The molecule has 0 N–H and O–H groups in total. The van der Waals surface area contributed by atoms with Crippen molar-refractivity contribution < 1.29 is 19.0 Å². The zero-order valence-electron chi connectivity index (χ0n) is 20.2. The summed E-state index contributed by atoms with van der Waals surface area (Å²) in [5.74, 6) is 1.61. The van der Waals surface area contributed by atoms with Crippen molar-refractivity contribution >= 4 is 5.91 Å². The number of amides is 1. The highest BCUT2D eigenvalue weighted by Gasteiger charge is 2.25. The molecule has 1 aromatic heterocycles. The lowest BCUT2D eigenvalue weighted by molar-refractivity contribution is 0.0679. The molecular weight excluding hydrogens is 442 g/mol. The van der Waals surface area contributed by atoms with Gasteiger partial charge in [-0.05, 0) is 43.3 Å². The van der Waals surface area contributed by atoms with Gasteiger partial charge in [0, 0.05) is 19.2 Å². The van der Waals surface area contributed by atoms with Gasteiger partial charge in [0.05, 0.1) is 37.2 Å². The van der Waals surface area contributed by atoms with Gasteiger partial charge in [-0.25, -0.2) is 4.68 Å². The second-order valence-electron chi connectivity index (χ2n) is 7.95. The summed E-state index contributed by atoms with van der Waals surface area (Å²) >= 11 is 0. The van der Waals surface area contributed by atoms with E-state index in [-0.39, 0.29) is 5.91 Å². The fourth-order valence-corrected chi connectivity index (χ4v) is 3.78. The van der Waals surface area contributed by atoms with E-state index in [1.54, 1.807) is 23.8 Å². The van der Waals surface area contributed by atoms with E-state index in [1.165, 1.54) is 0 Å². The number of hydrogen-bond acceptors (Lipinski definition) is 5. The van der Waals surface area contributed by atoms with E-state index in [0.717, 1.165) is 16.9 Å². The highest BCUT2D eigenvalue weighted by Crippen LogP contribution is 2.36. The van der Waals surface area contributed by atoms with Gasteiger partial charge < -0.3 is 19.1 Å². The van der Waals surface area contributed by atoms with Crippen LogP contribution in [0.3, 0.4) is 0 Å². The van der Waals surface area contributed by atoms with E-state index in [2.05, 4.69) is 0 Å². The summed E-state index contributed by atoms with van der Waals surface area (Å²) < 4.78 is 19.0. The van der Waals surface area contributed by atoms with Crippen LogP contribution in [-0.4, -0.2) is 48.0 Å². The first-order chi connectivity index (χ1) is 17.1. The predicted molar refractivity (Wildman–Crippen MR) is 134 cm³/mol. The van der Waals surface area contributed by atoms with Crippen molar-refractivity contribution in [3.8, 4) is 23.1 Å². The number of ether oxygens (including phenoxy) is 3. The Bertz CT molecular complexity index is 1260. The van der Waals surface area contributed by atoms with Crippen LogP contribution in [0.4, 0.5) is 0 Å². The highest BCUT2D eigenvalue weighted by atomic mass is 16.5. The van der Waals surface area contributed by atoms with Crippen LogP contribution in [0, 0.1) is 6.92 Å². The van der Waals surface area contributed by atoms with E-state index in [9.17, 15) is 4.79 Å². The number of nitrogens with zero attached hydrogens (tertiary/aromatic N) is 3. The van der Waals surface area contributed by atoms with Crippen molar-refractivity contribution in [2.24, 2.45) is 0 Å². The van der Waals surface area contributed by atoms with Crippen LogP contribution in [0.15, 0.2) is 84.9 Å². The molecule has 0 atom stereocenters. The third-order valence-corrected chi connectivity index (χ3v) is 5.64. The number of benzene rings is 3. The average molecular weight is 472 g/mol. The Morgan fingerprint density at radius 3 is 2.17 bits per heavy atom. The number of para-hydroxylation sites is 3. The molecule has 0 aliphatic carbocycles. The molecule has 0 radical (unpaired) electrons. The Morgan fingerprint density at radius 2 is 1.51 bits per heavy atom. The molecular formula is C28H29N3O4. The number of aromatic nitrogens is 2. The molecule has 0 saturated heterocycles. The molecule has 4 aromatic rings. The first-order valence-electron chi connectivity index (χ1n) is 11.4. The monoisotopic (exact) mass is 471 g/mol. The number of carbonyl (C=O) groups is 1. The molecule has 35 heavy (non-hydrogen) atoms. The average Bonchev–Trinajstić information content (AvgIpc) is 3.21. The van der Waals surface area contributed by atoms with Crippen molar-refractivity contribution in [3.05, 3.63) is 102 Å². The molecule has 1 heterocycles. The van der Waals surface area contributed by atoms with Crippen LogP contribution in [0.1, 0.15) is 21.6 Å². The normalized spacial score (nSPS) is 10.7. The minimum atomic E-state index is -0.0854.